The van der Waals surface area contributed by atoms with Gasteiger partial charge in [-0.25, -0.2) is 9.97 Å². The molecule has 0 aliphatic heterocycles. The first kappa shape index (κ1) is 13.6. The molecule has 0 spiro atoms. The number of rotatable bonds is 6. The van der Waals surface area contributed by atoms with E-state index in [1.54, 1.807) is 6.07 Å². The lowest BCUT2D eigenvalue weighted by Crippen LogP contribution is -2.42. The maximum Gasteiger partial charge on any atom is 0.134 e. The minimum Gasteiger partial charge on any atom is -0.395 e. The Morgan fingerprint density at radius 2 is 2.22 bits per heavy atom. The second-order valence-electron chi connectivity index (χ2n) is 4.72. The fourth-order valence-electron chi connectivity index (χ4n) is 2.22. The smallest absolute Gasteiger partial charge is 0.134 e. The highest BCUT2D eigenvalue weighted by molar-refractivity contribution is 6.29. The van der Waals surface area contributed by atoms with E-state index in [2.05, 4.69) is 21.8 Å². The Kier molecular flexibility index (Phi) is 4.78. The molecule has 1 N–H and O–H groups in total. The molecule has 0 amide bonds. The van der Waals surface area contributed by atoms with E-state index in [0.717, 1.165) is 24.5 Å². The van der Waals surface area contributed by atoms with E-state index in [1.807, 2.05) is 0 Å². The van der Waals surface area contributed by atoms with Crippen LogP contribution < -0.4 is 4.90 Å². The van der Waals surface area contributed by atoms with Gasteiger partial charge in [0.05, 0.1) is 6.61 Å². The summed E-state index contributed by atoms with van der Waals surface area (Å²) in [7, 11) is 0. The molecule has 1 aliphatic carbocycles. The van der Waals surface area contributed by atoms with Gasteiger partial charge in [-0.15, -0.1) is 0 Å². The Hall–Kier alpha value is -0.870. The van der Waals surface area contributed by atoms with Crippen LogP contribution in [0.2, 0.25) is 5.15 Å². The lowest BCUT2D eigenvalue weighted by Gasteiger charge is -2.38. The Morgan fingerprint density at radius 1 is 1.44 bits per heavy atom. The maximum atomic E-state index is 9.19. The summed E-state index contributed by atoms with van der Waals surface area (Å²) in [6.45, 7) is 2.85. The van der Waals surface area contributed by atoms with Crippen molar-refractivity contribution in [3.8, 4) is 0 Å². The number of aryl methyl sites for hydroxylation is 1. The number of nitrogens with zero attached hydrogens (tertiary/aromatic N) is 3. The number of anilines is 1. The zero-order chi connectivity index (χ0) is 13.0. The van der Waals surface area contributed by atoms with Crippen molar-refractivity contribution in [1.29, 1.82) is 0 Å². The van der Waals surface area contributed by atoms with Gasteiger partial charge in [-0.05, 0) is 25.7 Å². The SMILES string of the molecule is CCCc1nc(Cl)cc(N(CCO)C2CCC2)n1. The van der Waals surface area contributed by atoms with Crippen LogP contribution >= 0.6 is 11.6 Å². The molecule has 1 heterocycles. The first-order valence-corrected chi connectivity index (χ1v) is 7.03. The molecule has 1 saturated carbocycles. The van der Waals surface area contributed by atoms with Gasteiger partial charge in [-0.3, -0.25) is 0 Å². The molecule has 2 rings (SSSR count). The molecule has 0 unspecified atom stereocenters. The van der Waals surface area contributed by atoms with Gasteiger partial charge in [0.15, 0.2) is 0 Å². The molecule has 0 atom stereocenters. The molecular weight excluding hydrogens is 250 g/mol. The van der Waals surface area contributed by atoms with Crippen molar-refractivity contribution in [1.82, 2.24) is 9.97 Å². The molecule has 5 heteroatoms. The number of aliphatic hydroxyl groups is 1. The highest BCUT2D eigenvalue weighted by Crippen LogP contribution is 2.29. The lowest BCUT2D eigenvalue weighted by molar-refractivity contribution is 0.283. The van der Waals surface area contributed by atoms with E-state index in [-0.39, 0.29) is 6.61 Å². The quantitative estimate of drug-likeness (QED) is 0.806. The van der Waals surface area contributed by atoms with Gasteiger partial charge in [0.2, 0.25) is 0 Å². The molecule has 1 aromatic heterocycles. The van der Waals surface area contributed by atoms with Crippen molar-refractivity contribution in [3.05, 3.63) is 17.0 Å². The summed E-state index contributed by atoms with van der Waals surface area (Å²) in [4.78, 5) is 11.0. The van der Waals surface area contributed by atoms with Crippen LogP contribution in [-0.4, -0.2) is 34.3 Å². The van der Waals surface area contributed by atoms with Crippen molar-refractivity contribution in [3.63, 3.8) is 0 Å². The Morgan fingerprint density at radius 3 is 2.78 bits per heavy atom. The number of hydrogen-bond donors (Lipinski definition) is 1. The number of aromatic nitrogens is 2. The molecule has 1 aromatic rings. The van der Waals surface area contributed by atoms with Gasteiger partial charge < -0.3 is 10.0 Å². The lowest BCUT2D eigenvalue weighted by atomic mass is 9.91. The summed E-state index contributed by atoms with van der Waals surface area (Å²) in [6, 6.07) is 2.30. The van der Waals surface area contributed by atoms with E-state index in [0.29, 0.717) is 17.7 Å². The normalized spacial score (nSPS) is 15.5. The summed E-state index contributed by atoms with van der Waals surface area (Å²) < 4.78 is 0. The van der Waals surface area contributed by atoms with Gasteiger partial charge in [-0.2, -0.15) is 0 Å². The second-order valence-corrected chi connectivity index (χ2v) is 5.10. The highest BCUT2D eigenvalue weighted by Gasteiger charge is 2.26. The van der Waals surface area contributed by atoms with Crippen LogP contribution in [0.3, 0.4) is 0 Å². The molecule has 4 nitrogen and oxygen atoms in total. The van der Waals surface area contributed by atoms with Crippen molar-refractivity contribution >= 4 is 17.4 Å². The van der Waals surface area contributed by atoms with Crippen LogP contribution in [0.25, 0.3) is 0 Å². The number of halogens is 1. The van der Waals surface area contributed by atoms with Gasteiger partial charge in [-0.1, -0.05) is 18.5 Å². The van der Waals surface area contributed by atoms with E-state index in [4.69, 9.17) is 11.6 Å². The van der Waals surface area contributed by atoms with E-state index >= 15 is 0 Å². The van der Waals surface area contributed by atoms with Crippen LogP contribution in [0.1, 0.15) is 38.4 Å². The van der Waals surface area contributed by atoms with Crippen molar-refractivity contribution in [2.45, 2.75) is 45.1 Å². The summed E-state index contributed by atoms with van der Waals surface area (Å²) in [6.07, 6.45) is 5.44. The topological polar surface area (TPSA) is 49.2 Å². The summed E-state index contributed by atoms with van der Waals surface area (Å²) in [5.74, 6) is 1.65. The van der Waals surface area contributed by atoms with Crippen LogP contribution in [0.4, 0.5) is 5.82 Å². The highest BCUT2D eigenvalue weighted by atomic mass is 35.5. The summed E-state index contributed by atoms with van der Waals surface area (Å²) >= 11 is 6.06. The average Bonchev–Trinajstić information content (AvgIpc) is 2.25. The van der Waals surface area contributed by atoms with Crippen LogP contribution in [0.15, 0.2) is 6.07 Å². The maximum absolute atomic E-state index is 9.19. The molecule has 1 fully saturated rings. The average molecular weight is 270 g/mol. The summed E-state index contributed by atoms with van der Waals surface area (Å²) in [5, 5.41) is 9.68. The standard InChI is InChI=1S/C13H20ClN3O/c1-2-4-12-15-11(14)9-13(16-12)17(7-8-18)10-5-3-6-10/h9-10,18H,2-8H2,1H3. The molecule has 100 valence electrons. The fourth-order valence-corrected chi connectivity index (χ4v) is 2.42. The van der Waals surface area contributed by atoms with Crippen LogP contribution in [0.5, 0.6) is 0 Å². The molecule has 18 heavy (non-hydrogen) atoms. The number of hydrogen-bond acceptors (Lipinski definition) is 4. The molecule has 0 bridgehead atoms. The molecule has 0 aromatic carbocycles. The Bertz CT molecular complexity index is 396. The third kappa shape index (κ3) is 3.12. The van der Waals surface area contributed by atoms with E-state index < -0.39 is 0 Å². The zero-order valence-electron chi connectivity index (χ0n) is 10.8. The largest absolute Gasteiger partial charge is 0.395 e. The van der Waals surface area contributed by atoms with Gasteiger partial charge in [0.25, 0.3) is 0 Å². The molecular formula is C13H20ClN3O. The van der Waals surface area contributed by atoms with E-state index in [9.17, 15) is 5.11 Å². The minimum atomic E-state index is 0.140. The van der Waals surface area contributed by atoms with Crippen molar-refractivity contribution < 1.29 is 5.11 Å². The van der Waals surface area contributed by atoms with E-state index in [1.165, 1.54) is 19.3 Å². The Labute approximate surface area is 113 Å². The third-order valence-corrected chi connectivity index (χ3v) is 3.55. The Balaban J connectivity index is 2.22. The van der Waals surface area contributed by atoms with Gasteiger partial charge >= 0.3 is 0 Å². The second kappa shape index (κ2) is 6.34. The molecule has 0 saturated heterocycles. The van der Waals surface area contributed by atoms with Gasteiger partial charge in [0, 0.05) is 25.1 Å². The molecule has 1 aliphatic rings. The first-order chi connectivity index (χ1) is 8.74. The first-order valence-electron chi connectivity index (χ1n) is 6.65. The fraction of sp³-hybridized carbons (Fsp3) is 0.692. The zero-order valence-corrected chi connectivity index (χ0v) is 11.5. The van der Waals surface area contributed by atoms with Crippen LogP contribution in [0, 0.1) is 0 Å². The van der Waals surface area contributed by atoms with Crippen molar-refractivity contribution in [2.24, 2.45) is 0 Å². The molecule has 0 radical (unpaired) electrons. The predicted molar refractivity (Wildman–Crippen MR) is 73.1 cm³/mol. The third-order valence-electron chi connectivity index (χ3n) is 3.35. The minimum absolute atomic E-state index is 0.140. The number of aliphatic hydroxyl groups excluding tert-OH is 1. The van der Waals surface area contributed by atoms with Gasteiger partial charge in [0.1, 0.15) is 16.8 Å². The predicted octanol–water partition coefficient (Wildman–Crippen LogP) is 2.43. The summed E-state index contributed by atoms with van der Waals surface area (Å²) in [5.41, 5.74) is 0. The van der Waals surface area contributed by atoms with Crippen molar-refractivity contribution in [2.75, 3.05) is 18.1 Å². The monoisotopic (exact) mass is 269 g/mol. The van der Waals surface area contributed by atoms with Crippen LogP contribution in [-0.2, 0) is 6.42 Å².